The summed E-state index contributed by atoms with van der Waals surface area (Å²) in [6.07, 6.45) is 2.66. The molecule has 0 spiro atoms. The summed E-state index contributed by atoms with van der Waals surface area (Å²) in [7, 11) is 0. The van der Waals surface area contributed by atoms with Crippen molar-refractivity contribution in [1.29, 1.82) is 0 Å². The molecule has 1 fully saturated rings. The van der Waals surface area contributed by atoms with E-state index in [4.69, 9.17) is 0 Å². The third kappa shape index (κ3) is 2.67. The summed E-state index contributed by atoms with van der Waals surface area (Å²) in [5.74, 6) is 0.803. The predicted octanol–water partition coefficient (Wildman–Crippen LogP) is 4.22. The van der Waals surface area contributed by atoms with E-state index in [-0.39, 0.29) is 0 Å². The van der Waals surface area contributed by atoms with Crippen LogP contribution in [0.3, 0.4) is 0 Å². The lowest BCUT2D eigenvalue weighted by atomic mass is 9.91. The van der Waals surface area contributed by atoms with Gasteiger partial charge in [0.2, 0.25) is 0 Å². The Morgan fingerprint density at radius 1 is 1.44 bits per heavy atom. The van der Waals surface area contributed by atoms with E-state index in [2.05, 4.69) is 50.5 Å². The van der Waals surface area contributed by atoms with E-state index in [1.165, 1.54) is 17.7 Å². The summed E-state index contributed by atoms with van der Waals surface area (Å²) >= 11 is 1.85. The summed E-state index contributed by atoms with van der Waals surface area (Å²) < 4.78 is 0. The first-order valence-corrected chi connectivity index (χ1v) is 7.15. The Bertz CT molecular complexity index is 329. The molecule has 0 aliphatic heterocycles. The topological polar surface area (TPSA) is 12.0 Å². The fraction of sp³-hybridized carbons (Fsp3) is 0.714. The SMILES string of the molecule is CC1CC(C)(C)CC1N[C@@H](C)c1cccs1. The maximum Gasteiger partial charge on any atom is 0.0388 e. The van der Waals surface area contributed by atoms with Gasteiger partial charge >= 0.3 is 0 Å². The van der Waals surface area contributed by atoms with Crippen LogP contribution in [0.5, 0.6) is 0 Å². The fourth-order valence-electron chi connectivity index (χ4n) is 3.06. The number of nitrogens with one attached hydrogen (secondary N) is 1. The highest BCUT2D eigenvalue weighted by Crippen LogP contribution is 2.41. The first-order chi connectivity index (χ1) is 7.48. The maximum atomic E-state index is 3.80. The Kier molecular flexibility index (Phi) is 3.41. The van der Waals surface area contributed by atoms with Crippen LogP contribution in [-0.2, 0) is 0 Å². The second-order valence-electron chi connectivity index (χ2n) is 6.06. The van der Waals surface area contributed by atoms with Gasteiger partial charge in [0, 0.05) is 17.0 Å². The van der Waals surface area contributed by atoms with Crippen LogP contribution in [0.1, 0.15) is 51.5 Å². The monoisotopic (exact) mass is 237 g/mol. The quantitative estimate of drug-likeness (QED) is 0.830. The van der Waals surface area contributed by atoms with Gasteiger partial charge < -0.3 is 5.32 Å². The van der Waals surface area contributed by atoms with Crippen molar-refractivity contribution in [2.24, 2.45) is 11.3 Å². The third-order valence-corrected chi connectivity index (χ3v) is 4.82. The average Bonchev–Trinajstić information content (AvgIpc) is 2.74. The molecule has 0 saturated heterocycles. The van der Waals surface area contributed by atoms with Crippen LogP contribution in [0.4, 0.5) is 0 Å². The van der Waals surface area contributed by atoms with Crippen molar-refractivity contribution in [2.75, 3.05) is 0 Å². The van der Waals surface area contributed by atoms with Crippen molar-refractivity contribution >= 4 is 11.3 Å². The van der Waals surface area contributed by atoms with Crippen molar-refractivity contribution in [3.63, 3.8) is 0 Å². The lowest BCUT2D eigenvalue weighted by Crippen LogP contribution is -2.33. The van der Waals surface area contributed by atoms with Crippen molar-refractivity contribution in [3.05, 3.63) is 22.4 Å². The summed E-state index contributed by atoms with van der Waals surface area (Å²) in [6.45, 7) is 9.44. The Hall–Kier alpha value is -0.340. The molecule has 3 atom stereocenters. The second kappa shape index (κ2) is 4.50. The van der Waals surface area contributed by atoms with Crippen molar-refractivity contribution in [1.82, 2.24) is 5.32 Å². The lowest BCUT2D eigenvalue weighted by molar-refractivity contribution is 0.357. The minimum absolute atomic E-state index is 0.501. The molecule has 1 aliphatic carbocycles. The van der Waals surface area contributed by atoms with Gasteiger partial charge in [-0.3, -0.25) is 0 Å². The molecule has 90 valence electrons. The molecule has 2 unspecified atom stereocenters. The second-order valence-corrected chi connectivity index (χ2v) is 7.04. The van der Waals surface area contributed by atoms with Gasteiger partial charge in [-0.1, -0.05) is 26.8 Å². The van der Waals surface area contributed by atoms with Crippen LogP contribution in [0.25, 0.3) is 0 Å². The molecule has 0 aromatic carbocycles. The van der Waals surface area contributed by atoms with Crippen molar-refractivity contribution < 1.29 is 0 Å². The Labute approximate surface area is 103 Å². The molecular formula is C14H23NS. The molecule has 1 aliphatic rings. The first-order valence-electron chi connectivity index (χ1n) is 6.27. The lowest BCUT2D eigenvalue weighted by Gasteiger charge is -2.22. The smallest absolute Gasteiger partial charge is 0.0388 e. The first kappa shape index (κ1) is 12.1. The van der Waals surface area contributed by atoms with E-state index >= 15 is 0 Å². The molecule has 2 rings (SSSR count). The molecule has 1 heterocycles. The Morgan fingerprint density at radius 2 is 2.19 bits per heavy atom. The van der Waals surface area contributed by atoms with Crippen LogP contribution >= 0.6 is 11.3 Å². The zero-order valence-electron chi connectivity index (χ0n) is 10.8. The molecule has 1 N–H and O–H groups in total. The van der Waals surface area contributed by atoms with E-state index in [0.717, 1.165) is 5.92 Å². The van der Waals surface area contributed by atoms with Gasteiger partial charge in [-0.15, -0.1) is 11.3 Å². The van der Waals surface area contributed by atoms with Crippen molar-refractivity contribution in [3.8, 4) is 0 Å². The van der Waals surface area contributed by atoms with Gasteiger partial charge in [-0.2, -0.15) is 0 Å². The minimum atomic E-state index is 0.501. The number of hydrogen-bond acceptors (Lipinski definition) is 2. The minimum Gasteiger partial charge on any atom is -0.306 e. The molecule has 0 bridgehead atoms. The molecule has 2 heteroatoms. The van der Waals surface area contributed by atoms with E-state index in [1.807, 2.05) is 11.3 Å². The van der Waals surface area contributed by atoms with E-state index in [9.17, 15) is 0 Å². The molecule has 1 saturated carbocycles. The molecule has 16 heavy (non-hydrogen) atoms. The van der Waals surface area contributed by atoms with E-state index in [0.29, 0.717) is 17.5 Å². The van der Waals surface area contributed by atoms with Crippen molar-refractivity contribution in [2.45, 2.75) is 52.6 Å². The van der Waals surface area contributed by atoms with Crippen LogP contribution < -0.4 is 5.32 Å². The third-order valence-electron chi connectivity index (χ3n) is 3.77. The standard InChI is InChI=1S/C14H23NS/c1-10-8-14(3,4)9-12(10)15-11(2)13-6-5-7-16-13/h5-7,10-12,15H,8-9H2,1-4H3/t10?,11-,12?/m0/s1. The fourth-order valence-corrected chi connectivity index (χ4v) is 3.80. The molecule has 0 amide bonds. The number of thiophene rings is 1. The highest BCUT2D eigenvalue weighted by molar-refractivity contribution is 7.10. The van der Waals surface area contributed by atoms with E-state index in [1.54, 1.807) is 0 Å². The molecule has 1 nitrogen and oxygen atoms in total. The Morgan fingerprint density at radius 3 is 2.69 bits per heavy atom. The van der Waals surface area contributed by atoms with Gasteiger partial charge in [-0.05, 0) is 42.5 Å². The van der Waals surface area contributed by atoms with Gasteiger partial charge in [0.15, 0.2) is 0 Å². The largest absolute Gasteiger partial charge is 0.306 e. The predicted molar refractivity (Wildman–Crippen MR) is 71.8 cm³/mol. The van der Waals surface area contributed by atoms with Crippen LogP contribution in [0.15, 0.2) is 17.5 Å². The van der Waals surface area contributed by atoms with E-state index < -0.39 is 0 Å². The molecule has 0 radical (unpaired) electrons. The zero-order chi connectivity index (χ0) is 11.8. The highest BCUT2D eigenvalue weighted by atomic mass is 32.1. The summed E-state index contributed by atoms with van der Waals surface area (Å²) in [6, 6.07) is 5.56. The molecule has 1 aromatic heterocycles. The van der Waals surface area contributed by atoms with Crippen LogP contribution in [0.2, 0.25) is 0 Å². The number of rotatable bonds is 3. The van der Waals surface area contributed by atoms with Gasteiger partial charge in [0.25, 0.3) is 0 Å². The molecular weight excluding hydrogens is 214 g/mol. The average molecular weight is 237 g/mol. The highest BCUT2D eigenvalue weighted by Gasteiger charge is 2.37. The summed E-state index contributed by atoms with van der Waals surface area (Å²) in [5.41, 5.74) is 0.520. The number of hydrogen-bond donors (Lipinski definition) is 1. The summed E-state index contributed by atoms with van der Waals surface area (Å²) in [5, 5.41) is 5.96. The maximum absolute atomic E-state index is 3.80. The van der Waals surface area contributed by atoms with Crippen LogP contribution in [0, 0.1) is 11.3 Å². The summed E-state index contributed by atoms with van der Waals surface area (Å²) in [4.78, 5) is 1.46. The van der Waals surface area contributed by atoms with Gasteiger partial charge in [-0.25, -0.2) is 0 Å². The zero-order valence-corrected chi connectivity index (χ0v) is 11.6. The molecule has 1 aromatic rings. The van der Waals surface area contributed by atoms with Gasteiger partial charge in [0.05, 0.1) is 0 Å². The van der Waals surface area contributed by atoms with Gasteiger partial charge in [0.1, 0.15) is 0 Å². The van der Waals surface area contributed by atoms with Crippen LogP contribution in [-0.4, -0.2) is 6.04 Å². The normalized spacial score (nSPS) is 30.5. The Balaban J connectivity index is 1.95.